The number of esters is 1. The standard InChI is InChI=1S/C17H33NO4/c1-6-16(2)12-14(8-11-22-16)17(3,20)13-15(19)21-10-7-9-18(4)5/h14,20H,6-13H2,1-5H3/t14-,16-,17-/m1/s1. The minimum Gasteiger partial charge on any atom is -0.466 e. The summed E-state index contributed by atoms with van der Waals surface area (Å²) in [5.74, 6) is -0.242. The molecule has 1 fully saturated rings. The Morgan fingerprint density at radius 2 is 2.18 bits per heavy atom. The van der Waals surface area contributed by atoms with E-state index >= 15 is 0 Å². The molecule has 0 aliphatic carbocycles. The molecule has 1 aliphatic rings. The normalized spacial score (nSPS) is 28.4. The molecule has 0 aromatic rings. The lowest BCUT2D eigenvalue weighted by atomic mass is 9.75. The second-order valence-electron chi connectivity index (χ2n) is 7.25. The molecule has 1 saturated heterocycles. The Balaban J connectivity index is 2.43. The third kappa shape index (κ3) is 6.23. The second-order valence-corrected chi connectivity index (χ2v) is 7.25. The highest BCUT2D eigenvalue weighted by molar-refractivity contribution is 5.70. The maximum absolute atomic E-state index is 11.9. The molecule has 1 N–H and O–H groups in total. The summed E-state index contributed by atoms with van der Waals surface area (Å²) in [6.07, 6.45) is 3.35. The van der Waals surface area contributed by atoms with Crippen molar-refractivity contribution in [3.63, 3.8) is 0 Å². The van der Waals surface area contributed by atoms with Crippen molar-refractivity contribution in [1.29, 1.82) is 0 Å². The summed E-state index contributed by atoms with van der Waals surface area (Å²) < 4.78 is 11.1. The van der Waals surface area contributed by atoms with Gasteiger partial charge in [-0.25, -0.2) is 0 Å². The second kappa shape index (κ2) is 8.27. The van der Waals surface area contributed by atoms with Crippen LogP contribution in [0.2, 0.25) is 0 Å². The molecule has 0 aromatic heterocycles. The van der Waals surface area contributed by atoms with Crippen molar-refractivity contribution in [2.75, 3.05) is 33.9 Å². The van der Waals surface area contributed by atoms with Crippen LogP contribution < -0.4 is 0 Å². The molecule has 0 spiro atoms. The largest absolute Gasteiger partial charge is 0.466 e. The van der Waals surface area contributed by atoms with Gasteiger partial charge in [0.2, 0.25) is 0 Å². The van der Waals surface area contributed by atoms with E-state index in [9.17, 15) is 9.90 Å². The first-order valence-electron chi connectivity index (χ1n) is 8.35. The molecule has 5 heteroatoms. The fourth-order valence-electron chi connectivity index (χ4n) is 2.96. The first-order valence-corrected chi connectivity index (χ1v) is 8.35. The van der Waals surface area contributed by atoms with Gasteiger partial charge in [-0.2, -0.15) is 0 Å². The maximum atomic E-state index is 11.9. The SMILES string of the molecule is CC[C@]1(C)C[C@H]([C@](C)(O)CC(=O)OCCCN(C)C)CCO1. The van der Waals surface area contributed by atoms with Gasteiger partial charge in [-0.05, 0) is 59.5 Å². The molecule has 0 unspecified atom stereocenters. The molecule has 0 bridgehead atoms. The number of carbonyl (C=O) groups excluding carboxylic acids is 1. The molecule has 1 heterocycles. The monoisotopic (exact) mass is 315 g/mol. The van der Waals surface area contributed by atoms with Crippen molar-refractivity contribution >= 4 is 5.97 Å². The zero-order valence-corrected chi connectivity index (χ0v) is 14.9. The molecule has 1 aliphatic heterocycles. The van der Waals surface area contributed by atoms with Crippen molar-refractivity contribution < 1.29 is 19.4 Å². The van der Waals surface area contributed by atoms with Crippen LogP contribution in [0.3, 0.4) is 0 Å². The van der Waals surface area contributed by atoms with E-state index < -0.39 is 5.60 Å². The van der Waals surface area contributed by atoms with Gasteiger partial charge < -0.3 is 19.5 Å². The summed E-state index contributed by atoms with van der Waals surface area (Å²) in [6.45, 7) is 7.86. The highest BCUT2D eigenvalue weighted by atomic mass is 16.5. The third-order valence-corrected chi connectivity index (χ3v) is 4.74. The Morgan fingerprint density at radius 1 is 1.50 bits per heavy atom. The summed E-state index contributed by atoms with van der Waals surface area (Å²) in [5.41, 5.74) is -1.22. The Morgan fingerprint density at radius 3 is 2.77 bits per heavy atom. The molecular weight excluding hydrogens is 282 g/mol. The minimum absolute atomic E-state index is 0.0550. The molecule has 0 amide bonds. The topological polar surface area (TPSA) is 59.0 Å². The smallest absolute Gasteiger partial charge is 0.308 e. The van der Waals surface area contributed by atoms with E-state index in [4.69, 9.17) is 9.47 Å². The molecule has 0 saturated carbocycles. The number of hydrogen-bond donors (Lipinski definition) is 1. The molecule has 22 heavy (non-hydrogen) atoms. The highest BCUT2D eigenvalue weighted by Gasteiger charge is 2.42. The van der Waals surface area contributed by atoms with Crippen LogP contribution in [0.4, 0.5) is 0 Å². The summed E-state index contributed by atoms with van der Waals surface area (Å²) in [6, 6.07) is 0. The van der Waals surface area contributed by atoms with E-state index in [1.165, 1.54) is 0 Å². The lowest BCUT2D eigenvalue weighted by molar-refractivity contribution is -0.160. The Bertz CT molecular complexity index is 357. The molecule has 1 rings (SSSR count). The summed E-state index contributed by atoms with van der Waals surface area (Å²) in [4.78, 5) is 14.0. The van der Waals surface area contributed by atoms with Crippen LogP contribution in [0.1, 0.15) is 52.9 Å². The molecule has 0 radical (unpaired) electrons. The van der Waals surface area contributed by atoms with Gasteiger partial charge in [0.1, 0.15) is 0 Å². The van der Waals surface area contributed by atoms with Crippen LogP contribution >= 0.6 is 0 Å². The van der Waals surface area contributed by atoms with E-state index in [0.717, 1.165) is 32.2 Å². The van der Waals surface area contributed by atoms with Crippen molar-refractivity contribution in [1.82, 2.24) is 4.90 Å². The zero-order chi connectivity index (χ0) is 16.8. The van der Waals surface area contributed by atoms with Crippen molar-refractivity contribution in [2.45, 2.75) is 64.1 Å². The van der Waals surface area contributed by atoms with E-state index in [-0.39, 0.29) is 23.9 Å². The summed E-state index contributed by atoms with van der Waals surface area (Å²) >= 11 is 0. The molecule has 3 atom stereocenters. The predicted molar refractivity (Wildman–Crippen MR) is 86.7 cm³/mol. The summed E-state index contributed by atoms with van der Waals surface area (Å²) in [5, 5.41) is 10.7. The van der Waals surface area contributed by atoms with Gasteiger partial charge in [0.15, 0.2) is 0 Å². The summed E-state index contributed by atoms with van der Waals surface area (Å²) in [7, 11) is 3.98. The fourth-order valence-corrected chi connectivity index (χ4v) is 2.96. The number of hydrogen-bond acceptors (Lipinski definition) is 5. The van der Waals surface area contributed by atoms with E-state index in [2.05, 4.69) is 18.7 Å². The number of carbonyl (C=O) groups is 1. The van der Waals surface area contributed by atoms with Crippen LogP contribution in [0.5, 0.6) is 0 Å². The van der Waals surface area contributed by atoms with Crippen LogP contribution in [0.25, 0.3) is 0 Å². The fraction of sp³-hybridized carbons (Fsp3) is 0.941. The average Bonchev–Trinajstić information content (AvgIpc) is 2.43. The minimum atomic E-state index is -1.03. The number of aliphatic hydroxyl groups is 1. The van der Waals surface area contributed by atoms with E-state index in [1.54, 1.807) is 6.92 Å². The Labute approximate surface area is 135 Å². The molecule has 5 nitrogen and oxygen atoms in total. The van der Waals surface area contributed by atoms with Gasteiger partial charge in [0.25, 0.3) is 0 Å². The number of rotatable bonds is 8. The quantitative estimate of drug-likeness (QED) is 0.550. The van der Waals surface area contributed by atoms with Gasteiger partial charge in [0.05, 0.1) is 24.2 Å². The number of ether oxygens (including phenoxy) is 2. The molecule has 0 aromatic carbocycles. The Hall–Kier alpha value is -0.650. The van der Waals surface area contributed by atoms with Crippen molar-refractivity contribution in [2.24, 2.45) is 5.92 Å². The Kier molecular flexibility index (Phi) is 7.29. The van der Waals surface area contributed by atoms with Crippen molar-refractivity contribution in [3.05, 3.63) is 0 Å². The van der Waals surface area contributed by atoms with Gasteiger partial charge in [-0.3, -0.25) is 4.79 Å². The first-order chi connectivity index (χ1) is 10.2. The highest BCUT2D eigenvalue weighted by Crippen LogP contribution is 2.38. The zero-order valence-electron chi connectivity index (χ0n) is 14.9. The first kappa shape index (κ1) is 19.4. The van der Waals surface area contributed by atoms with Crippen LogP contribution in [-0.4, -0.2) is 61.0 Å². The predicted octanol–water partition coefficient (Wildman–Crippen LogP) is 2.22. The maximum Gasteiger partial charge on any atom is 0.308 e. The third-order valence-electron chi connectivity index (χ3n) is 4.74. The van der Waals surface area contributed by atoms with E-state index in [1.807, 2.05) is 14.1 Å². The molecule has 130 valence electrons. The lowest BCUT2D eigenvalue weighted by Crippen LogP contribution is -2.46. The van der Waals surface area contributed by atoms with E-state index in [0.29, 0.717) is 13.2 Å². The van der Waals surface area contributed by atoms with Gasteiger partial charge in [0, 0.05) is 13.2 Å². The van der Waals surface area contributed by atoms with Gasteiger partial charge in [-0.15, -0.1) is 0 Å². The average molecular weight is 315 g/mol. The van der Waals surface area contributed by atoms with Crippen LogP contribution in [-0.2, 0) is 14.3 Å². The molecular formula is C17H33NO4. The van der Waals surface area contributed by atoms with Gasteiger partial charge >= 0.3 is 5.97 Å². The van der Waals surface area contributed by atoms with Crippen molar-refractivity contribution in [3.8, 4) is 0 Å². The van der Waals surface area contributed by atoms with Gasteiger partial charge in [-0.1, -0.05) is 6.92 Å². The lowest BCUT2D eigenvalue weighted by Gasteiger charge is -2.43. The van der Waals surface area contributed by atoms with Crippen LogP contribution in [0, 0.1) is 5.92 Å². The number of nitrogens with zero attached hydrogens (tertiary/aromatic N) is 1. The van der Waals surface area contributed by atoms with Crippen LogP contribution in [0.15, 0.2) is 0 Å².